The Morgan fingerprint density at radius 1 is 0.780 bits per heavy atom. The van der Waals surface area contributed by atoms with Crippen LogP contribution in [0, 0.1) is 6.92 Å². The number of methoxy groups -OCH3 is 1. The summed E-state index contributed by atoms with van der Waals surface area (Å²) in [6.07, 6.45) is 0. The van der Waals surface area contributed by atoms with Gasteiger partial charge in [0.1, 0.15) is 12.3 Å². The highest BCUT2D eigenvalue weighted by Crippen LogP contribution is 2.30. The molecular formula is C33H35N3O4S. The molecule has 1 saturated heterocycles. The molecule has 1 heterocycles. The lowest BCUT2D eigenvalue weighted by Gasteiger charge is -2.40. The molecule has 0 N–H and O–H groups in total. The lowest BCUT2D eigenvalue weighted by Crippen LogP contribution is -2.52. The predicted molar refractivity (Wildman–Crippen MR) is 162 cm³/mol. The molecule has 1 aliphatic rings. The number of hydrogen-bond donors (Lipinski definition) is 0. The third kappa shape index (κ3) is 6.45. The average molecular weight is 570 g/mol. The summed E-state index contributed by atoms with van der Waals surface area (Å²) < 4.78 is 34.0. The number of ether oxygens (including phenoxy) is 1. The summed E-state index contributed by atoms with van der Waals surface area (Å²) in [5.41, 5.74) is 3.77. The van der Waals surface area contributed by atoms with Gasteiger partial charge in [-0.15, -0.1) is 0 Å². The summed E-state index contributed by atoms with van der Waals surface area (Å²) in [7, 11) is -2.43. The van der Waals surface area contributed by atoms with E-state index in [1.807, 2.05) is 43.3 Å². The lowest BCUT2D eigenvalue weighted by molar-refractivity contribution is -0.131. The molecule has 212 valence electrons. The number of amides is 1. The molecule has 7 nitrogen and oxygen atoms in total. The quantitative estimate of drug-likeness (QED) is 0.280. The van der Waals surface area contributed by atoms with Crippen molar-refractivity contribution in [1.82, 2.24) is 9.80 Å². The van der Waals surface area contributed by atoms with Crippen LogP contribution in [0.25, 0.3) is 0 Å². The number of carbonyl (C=O) groups is 1. The van der Waals surface area contributed by atoms with Crippen LogP contribution in [-0.4, -0.2) is 64.0 Å². The van der Waals surface area contributed by atoms with E-state index in [1.54, 1.807) is 60.5 Å². The monoisotopic (exact) mass is 569 g/mol. The van der Waals surface area contributed by atoms with Crippen molar-refractivity contribution in [2.24, 2.45) is 0 Å². The van der Waals surface area contributed by atoms with Crippen LogP contribution in [0.2, 0.25) is 0 Å². The third-order valence-corrected chi connectivity index (χ3v) is 9.30. The van der Waals surface area contributed by atoms with Crippen molar-refractivity contribution in [3.63, 3.8) is 0 Å². The van der Waals surface area contributed by atoms with Crippen LogP contribution < -0.4 is 9.04 Å². The second kappa shape index (κ2) is 12.6. The molecule has 0 aliphatic carbocycles. The minimum Gasteiger partial charge on any atom is -0.497 e. The minimum absolute atomic E-state index is 0.0763. The highest BCUT2D eigenvalue weighted by atomic mass is 32.2. The summed E-state index contributed by atoms with van der Waals surface area (Å²) >= 11 is 0. The van der Waals surface area contributed by atoms with Crippen LogP contribution in [0.4, 0.5) is 5.69 Å². The van der Waals surface area contributed by atoms with E-state index in [2.05, 4.69) is 29.2 Å². The van der Waals surface area contributed by atoms with Crippen molar-refractivity contribution in [3.05, 3.63) is 126 Å². The van der Waals surface area contributed by atoms with Crippen LogP contribution in [-0.2, 0) is 14.8 Å². The zero-order chi connectivity index (χ0) is 28.8. The molecule has 0 spiro atoms. The first kappa shape index (κ1) is 28.4. The van der Waals surface area contributed by atoms with Crippen molar-refractivity contribution < 1.29 is 17.9 Å². The maximum Gasteiger partial charge on any atom is 0.264 e. The molecule has 0 atom stereocenters. The number of sulfonamides is 1. The Hall–Kier alpha value is -4.14. The first-order valence-corrected chi connectivity index (χ1v) is 15.2. The van der Waals surface area contributed by atoms with Gasteiger partial charge in [-0.05, 0) is 54.4 Å². The predicted octanol–water partition coefficient (Wildman–Crippen LogP) is 5.13. The Morgan fingerprint density at radius 2 is 1.32 bits per heavy atom. The van der Waals surface area contributed by atoms with Gasteiger partial charge in [-0.1, -0.05) is 78.4 Å². The fourth-order valence-electron chi connectivity index (χ4n) is 5.24. The van der Waals surface area contributed by atoms with Crippen LogP contribution in [0.5, 0.6) is 5.75 Å². The fourth-order valence-corrected chi connectivity index (χ4v) is 6.65. The number of benzene rings is 4. The second-order valence-electron chi connectivity index (χ2n) is 10.2. The molecule has 0 radical (unpaired) electrons. The molecule has 4 aromatic rings. The van der Waals surface area contributed by atoms with Gasteiger partial charge >= 0.3 is 0 Å². The molecule has 0 unspecified atom stereocenters. The molecule has 0 bridgehead atoms. The maximum absolute atomic E-state index is 13.8. The van der Waals surface area contributed by atoms with Crippen molar-refractivity contribution in [1.29, 1.82) is 0 Å². The summed E-state index contributed by atoms with van der Waals surface area (Å²) in [6, 6.07) is 34.3. The van der Waals surface area contributed by atoms with Gasteiger partial charge in [0.2, 0.25) is 5.91 Å². The van der Waals surface area contributed by atoms with E-state index in [0.717, 1.165) is 5.56 Å². The highest BCUT2D eigenvalue weighted by molar-refractivity contribution is 7.92. The SMILES string of the molecule is COc1ccc(N(CC(=O)N2CCN(C(c3ccccc3)c3ccccc3)CC2)S(=O)(=O)c2ccc(C)cc2)cc1. The van der Waals surface area contributed by atoms with E-state index < -0.39 is 10.0 Å². The van der Waals surface area contributed by atoms with E-state index in [1.165, 1.54) is 15.4 Å². The Kier molecular flexibility index (Phi) is 8.71. The molecule has 8 heteroatoms. The Bertz CT molecular complexity index is 1500. The molecule has 5 rings (SSSR count). The molecule has 41 heavy (non-hydrogen) atoms. The van der Waals surface area contributed by atoms with Gasteiger partial charge in [0, 0.05) is 26.2 Å². The Labute approximate surface area is 242 Å². The largest absolute Gasteiger partial charge is 0.497 e. The number of hydrogen-bond acceptors (Lipinski definition) is 5. The summed E-state index contributed by atoms with van der Waals surface area (Å²) in [6.45, 7) is 3.98. The average Bonchev–Trinajstić information content (AvgIpc) is 3.01. The van der Waals surface area contributed by atoms with Crippen molar-refractivity contribution in [3.8, 4) is 5.75 Å². The second-order valence-corrected chi connectivity index (χ2v) is 12.0. The van der Waals surface area contributed by atoms with Gasteiger partial charge in [-0.25, -0.2) is 8.42 Å². The van der Waals surface area contributed by atoms with Gasteiger partial charge in [0.25, 0.3) is 10.0 Å². The first-order chi connectivity index (χ1) is 19.9. The van der Waals surface area contributed by atoms with E-state index in [4.69, 9.17) is 4.74 Å². The smallest absolute Gasteiger partial charge is 0.264 e. The lowest BCUT2D eigenvalue weighted by atomic mass is 9.96. The van der Waals surface area contributed by atoms with Gasteiger partial charge in [-0.3, -0.25) is 14.0 Å². The molecule has 0 aromatic heterocycles. The topological polar surface area (TPSA) is 70.2 Å². The Balaban J connectivity index is 1.35. The molecule has 1 amide bonds. The van der Waals surface area contributed by atoms with Crippen LogP contribution in [0.15, 0.2) is 114 Å². The number of aryl methyl sites for hydroxylation is 1. The van der Waals surface area contributed by atoms with Gasteiger partial charge in [-0.2, -0.15) is 0 Å². The first-order valence-electron chi connectivity index (χ1n) is 13.7. The molecule has 0 saturated carbocycles. The van der Waals surface area contributed by atoms with E-state index in [0.29, 0.717) is 37.6 Å². The van der Waals surface area contributed by atoms with Gasteiger partial charge in [0.05, 0.1) is 23.7 Å². The number of rotatable bonds is 9. The highest BCUT2D eigenvalue weighted by Gasteiger charge is 2.32. The third-order valence-electron chi connectivity index (χ3n) is 7.51. The van der Waals surface area contributed by atoms with E-state index >= 15 is 0 Å². The molecular weight excluding hydrogens is 534 g/mol. The van der Waals surface area contributed by atoms with E-state index in [-0.39, 0.29) is 23.4 Å². The van der Waals surface area contributed by atoms with Gasteiger partial charge in [0.15, 0.2) is 0 Å². The summed E-state index contributed by atoms with van der Waals surface area (Å²) in [4.78, 5) is 17.9. The van der Waals surface area contributed by atoms with Crippen molar-refractivity contribution in [2.75, 3.05) is 44.1 Å². The van der Waals surface area contributed by atoms with Crippen LogP contribution >= 0.6 is 0 Å². The molecule has 1 fully saturated rings. The van der Waals surface area contributed by atoms with Gasteiger partial charge < -0.3 is 9.64 Å². The maximum atomic E-state index is 13.8. The van der Waals surface area contributed by atoms with Crippen LogP contribution in [0.1, 0.15) is 22.7 Å². The zero-order valence-electron chi connectivity index (χ0n) is 23.4. The molecule has 4 aromatic carbocycles. The summed E-state index contributed by atoms with van der Waals surface area (Å²) in [5, 5.41) is 0. The number of anilines is 1. The number of nitrogens with zero attached hydrogens (tertiary/aromatic N) is 3. The zero-order valence-corrected chi connectivity index (χ0v) is 24.2. The fraction of sp³-hybridized carbons (Fsp3) is 0.242. The van der Waals surface area contributed by atoms with Crippen molar-refractivity contribution >= 4 is 21.6 Å². The number of carbonyl (C=O) groups excluding carboxylic acids is 1. The van der Waals surface area contributed by atoms with Crippen molar-refractivity contribution in [2.45, 2.75) is 17.9 Å². The normalized spacial score (nSPS) is 14.2. The molecule has 1 aliphatic heterocycles. The number of piperazine rings is 1. The summed E-state index contributed by atoms with van der Waals surface area (Å²) in [5.74, 6) is 0.377. The Morgan fingerprint density at radius 3 is 1.83 bits per heavy atom. The van der Waals surface area contributed by atoms with E-state index in [9.17, 15) is 13.2 Å². The standard InChI is InChI=1S/C33H35N3O4S/c1-26-13-19-31(20-14-26)41(38,39)36(29-15-17-30(40-2)18-16-29)25-32(37)34-21-23-35(24-22-34)33(27-9-5-3-6-10-27)28-11-7-4-8-12-28/h3-20,33H,21-25H2,1-2H3. The van der Waals surface area contributed by atoms with Crippen LogP contribution in [0.3, 0.4) is 0 Å². The minimum atomic E-state index is -3.99.